The van der Waals surface area contributed by atoms with Crippen LogP contribution in [0, 0.1) is 3.57 Å². The minimum Gasteiger partial charge on any atom is -0.355 e. The van der Waals surface area contributed by atoms with Gasteiger partial charge >= 0.3 is 0 Å². The van der Waals surface area contributed by atoms with Crippen molar-refractivity contribution in [3.8, 4) is 0 Å². The minimum atomic E-state index is -0.0440. The van der Waals surface area contributed by atoms with Crippen molar-refractivity contribution < 1.29 is 0 Å². The van der Waals surface area contributed by atoms with Crippen molar-refractivity contribution in [3.63, 3.8) is 0 Å². The molecule has 0 unspecified atom stereocenters. The van der Waals surface area contributed by atoms with Crippen molar-refractivity contribution in [2.24, 2.45) is 0 Å². The van der Waals surface area contributed by atoms with Gasteiger partial charge < -0.3 is 9.88 Å². The first-order valence-corrected chi connectivity index (χ1v) is 7.08. The average molecular weight is 337 g/mol. The number of rotatable bonds is 1. The summed E-state index contributed by atoms with van der Waals surface area (Å²) in [6.45, 7) is 1.98. The van der Waals surface area contributed by atoms with Crippen LogP contribution >= 0.6 is 34.4 Å². The molecule has 1 aromatic rings. The molecule has 1 aliphatic heterocycles. The van der Waals surface area contributed by atoms with Crippen molar-refractivity contribution in [1.29, 1.82) is 0 Å². The highest BCUT2D eigenvalue weighted by atomic mass is 127. The summed E-state index contributed by atoms with van der Waals surface area (Å²) in [4.78, 5) is 20.5. The molecule has 1 aromatic heterocycles. The first-order valence-electron chi connectivity index (χ1n) is 4.85. The van der Waals surface area contributed by atoms with Gasteiger partial charge in [-0.1, -0.05) is 0 Å². The number of aromatic nitrogens is 2. The Morgan fingerprint density at radius 1 is 1.47 bits per heavy atom. The van der Waals surface area contributed by atoms with Crippen LogP contribution in [0.25, 0.3) is 0 Å². The van der Waals surface area contributed by atoms with Crippen LogP contribution in [0.5, 0.6) is 0 Å². The number of nitrogens with one attached hydrogen (secondary N) is 1. The van der Waals surface area contributed by atoms with Gasteiger partial charge in [-0.15, -0.1) is 0 Å². The van der Waals surface area contributed by atoms with Crippen molar-refractivity contribution in [2.45, 2.75) is 6.42 Å². The molecule has 1 aliphatic rings. The molecule has 1 saturated heterocycles. The maximum atomic E-state index is 11.4. The smallest absolute Gasteiger partial charge is 0.266 e. The summed E-state index contributed by atoms with van der Waals surface area (Å²) in [5, 5.41) is 0. The summed E-state index contributed by atoms with van der Waals surface area (Å²) in [6.07, 6.45) is 2.65. The van der Waals surface area contributed by atoms with Crippen LogP contribution in [0.3, 0.4) is 0 Å². The highest BCUT2D eigenvalue weighted by Crippen LogP contribution is 2.19. The molecule has 1 N–H and O–H groups in total. The van der Waals surface area contributed by atoms with Crippen LogP contribution in [-0.2, 0) is 0 Å². The number of aromatic amines is 1. The summed E-state index contributed by atoms with van der Waals surface area (Å²) in [6, 6.07) is 0. The van der Waals surface area contributed by atoms with Gasteiger partial charge in [0.15, 0.2) is 0 Å². The molecule has 0 aliphatic carbocycles. The standard InChI is InChI=1S/C9H12IN3OS/c10-7-8(11-6-12-9(7)14)13-2-1-4-15-5-3-13/h6H,1-5H2,(H,11,12,14). The van der Waals surface area contributed by atoms with E-state index >= 15 is 0 Å². The zero-order chi connectivity index (χ0) is 10.7. The third kappa shape index (κ3) is 2.66. The zero-order valence-electron chi connectivity index (χ0n) is 8.20. The topological polar surface area (TPSA) is 49.0 Å². The van der Waals surface area contributed by atoms with Gasteiger partial charge in [0.25, 0.3) is 5.56 Å². The van der Waals surface area contributed by atoms with Gasteiger partial charge in [0.05, 0.1) is 6.33 Å². The van der Waals surface area contributed by atoms with Crippen molar-refractivity contribution in [1.82, 2.24) is 9.97 Å². The molecular formula is C9H12IN3OS. The Kier molecular flexibility index (Phi) is 3.90. The Bertz CT molecular complexity index is 387. The minimum absolute atomic E-state index is 0.0440. The molecule has 2 heterocycles. The molecule has 2 rings (SSSR count). The SMILES string of the molecule is O=c1[nH]cnc(N2CCCSCC2)c1I. The van der Waals surface area contributed by atoms with E-state index in [1.54, 1.807) is 0 Å². The molecule has 15 heavy (non-hydrogen) atoms. The van der Waals surface area contributed by atoms with Gasteiger partial charge in [-0.05, 0) is 34.8 Å². The molecule has 0 bridgehead atoms. The van der Waals surface area contributed by atoms with E-state index in [0.717, 1.165) is 31.1 Å². The van der Waals surface area contributed by atoms with Gasteiger partial charge in [0.1, 0.15) is 9.39 Å². The van der Waals surface area contributed by atoms with Crippen molar-refractivity contribution in [3.05, 3.63) is 20.3 Å². The third-order valence-corrected chi connectivity index (χ3v) is 4.32. The largest absolute Gasteiger partial charge is 0.355 e. The zero-order valence-corrected chi connectivity index (χ0v) is 11.2. The summed E-state index contributed by atoms with van der Waals surface area (Å²) in [7, 11) is 0. The molecule has 0 radical (unpaired) electrons. The fourth-order valence-corrected chi connectivity index (χ4v) is 3.07. The number of hydrogen-bond acceptors (Lipinski definition) is 4. The lowest BCUT2D eigenvalue weighted by Crippen LogP contribution is -2.29. The van der Waals surface area contributed by atoms with Gasteiger partial charge in [0.2, 0.25) is 0 Å². The number of anilines is 1. The number of H-pyrrole nitrogens is 1. The van der Waals surface area contributed by atoms with Gasteiger partial charge in [-0.2, -0.15) is 11.8 Å². The van der Waals surface area contributed by atoms with Crippen molar-refractivity contribution in [2.75, 3.05) is 29.5 Å². The molecule has 0 aromatic carbocycles. The van der Waals surface area contributed by atoms with E-state index in [-0.39, 0.29) is 5.56 Å². The molecule has 4 nitrogen and oxygen atoms in total. The van der Waals surface area contributed by atoms with E-state index in [1.165, 1.54) is 12.1 Å². The van der Waals surface area contributed by atoms with Crippen molar-refractivity contribution >= 4 is 40.2 Å². The average Bonchev–Trinajstić information content (AvgIpc) is 2.50. The van der Waals surface area contributed by atoms with Gasteiger partial charge in [-0.3, -0.25) is 4.79 Å². The first kappa shape index (κ1) is 11.3. The predicted octanol–water partition coefficient (Wildman–Crippen LogP) is 1.32. The Morgan fingerprint density at radius 3 is 3.20 bits per heavy atom. The van der Waals surface area contributed by atoms with Crippen LogP contribution in [-0.4, -0.2) is 34.6 Å². The van der Waals surface area contributed by atoms with Crippen LogP contribution < -0.4 is 10.5 Å². The second-order valence-corrected chi connectivity index (χ2v) is 5.63. The summed E-state index contributed by atoms with van der Waals surface area (Å²) < 4.78 is 0.696. The lowest BCUT2D eigenvalue weighted by molar-refractivity contribution is 0.793. The normalized spacial score (nSPS) is 17.5. The van der Waals surface area contributed by atoms with E-state index in [4.69, 9.17) is 0 Å². The highest BCUT2D eigenvalue weighted by molar-refractivity contribution is 14.1. The van der Waals surface area contributed by atoms with E-state index in [1.807, 2.05) is 11.8 Å². The van der Waals surface area contributed by atoms with E-state index in [0.29, 0.717) is 3.57 Å². The molecule has 0 spiro atoms. The number of nitrogens with zero attached hydrogens (tertiary/aromatic N) is 2. The Balaban J connectivity index is 2.27. The van der Waals surface area contributed by atoms with E-state index in [2.05, 4.69) is 37.5 Å². The Hall–Kier alpha value is -0.240. The van der Waals surface area contributed by atoms with E-state index < -0.39 is 0 Å². The molecule has 0 amide bonds. The fraction of sp³-hybridized carbons (Fsp3) is 0.556. The summed E-state index contributed by atoms with van der Waals surface area (Å²) in [5.74, 6) is 3.16. The predicted molar refractivity (Wildman–Crippen MR) is 71.7 cm³/mol. The second-order valence-electron chi connectivity index (χ2n) is 3.32. The monoisotopic (exact) mass is 337 g/mol. The summed E-state index contributed by atoms with van der Waals surface area (Å²) in [5.41, 5.74) is -0.0440. The molecule has 82 valence electrons. The molecule has 0 atom stereocenters. The van der Waals surface area contributed by atoms with Crippen LogP contribution in [0.1, 0.15) is 6.42 Å². The van der Waals surface area contributed by atoms with Crippen LogP contribution in [0.2, 0.25) is 0 Å². The van der Waals surface area contributed by atoms with E-state index in [9.17, 15) is 4.79 Å². The number of thioether (sulfide) groups is 1. The molecule has 1 fully saturated rings. The maximum absolute atomic E-state index is 11.4. The second kappa shape index (κ2) is 5.20. The van der Waals surface area contributed by atoms with Crippen LogP contribution in [0.4, 0.5) is 5.82 Å². The quantitative estimate of drug-likeness (QED) is 0.786. The lowest BCUT2D eigenvalue weighted by atomic mass is 10.4. The Labute approximate surface area is 106 Å². The molecule has 6 heteroatoms. The highest BCUT2D eigenvalue weighted by Gasteiger charge is 2.15. The lowest BCUT2D eigenvalue weighted by Gasteiger charge is -2.21. The third-order valence-electron chi connectivity index (χ3n) is 2.30. The van der Waals surface area contributed by atoms with Gasteiger partial charge in [0, 0.05) is 18.8 Å². The summed E-state index contributed by atoms with van der Waals surface area (Å²) >= 11 is 4.03. The molecule has 0 saturated carbocycles. The Morgan fingerprint density at radius 2 is 2.33 bits per heavy atom. The fourth-order valence-electron chi connectivity index (χ4n) is 1.55. The van der Waals surface area contributed by atoms with Gasteiger partial charge in [-0.25, -0.2) is 4.98 Å². The van der Waals surface area contributed by atoms with Crippen LogP contribution in [0.15, 0.2) is 11.1 Å². The number of halogens is 1. The molecular weight excluding hydrogens is 325 g/mol. The first-order chi connectivity index (χ1) is 7.29. The number of hydrogen-bond donors (Lipinski definition) is 1. The maximum Gasteiger partial charge on any atom is 0.266 e.